The average molecular weight is 242 g/mol. The fourth-order valence-electron chi connectivity index (χ4n) is 1.16. The fraction of sp³-hybridized carbons (Fsp3) is 0.833. The van der Waals surface area contributed by atoms with Crippen molar-refractivity contribution in [3.8, 4) is 0 Å². The molecule has 0 fully saturated rings. The summed E-state index contributed by atoms with van der Waals surface area (Å²) in [6, 6.07) is 0. The number of aliphatic imine (C=N–C) groups is 1. The second-order valence-electron chi connectivity index (χ2n) is 4.48. The van der Waals surface area contributed by atoms with Crippen molar-refractivity contribution >= 4 is 11.9 Å². The Bertz CT molecular complexity index is 239. The molecule has 0 rings (SSSR count). The molecule has 0 saturated heterocycles. The van der Waals surface area contributed by atoms with E-state index in [4.69, 9.17) is 5.73 Å². The molecule has 0 aromatic rings. The van der Waals surface area contributed by atoms with Crippen molar-refractivity contribution in [1.82, 2.24) is 10.6 Å². The van der Waals surface area contributed by atoms with Gasteiger partial charge in [0.2, 0.25) is 5.91 Å². The van der Waals surface area contributed by atoms with Gasteiger partial charge in [-0.15, -0.1) is 0 Å². The van der Waals surface area contributed by atoms with Crippen LogP contribution < -0.4 is 16.4 Å². The highest BCUT2D eigenvalue weighted by atomic mass is 16.1. The van der Waals surface area contributed by atoms with Crippen molar-refractivity contribution in [2.24, 2.45) is 16.6 Å². The highest BCUT2D eigenvalue weighted by molar-refractivity contribution is 5.79. The summed E-state index contributed by atoms with van der Waals surface area (Å²) in [7, 11) is 0. The third-order valence-corrected chi connectivity index (χ3v) is 2.22. The number of hydrogen-bond donors (Lipinski definition) is 3. The van der Waals surface area contributed by atoms with Crippen LogP contribution in [0.4, 0.5) is 0 Å². The van der Waals surface area contributed by atoms with Crippen LogP contribution in [0, 0.1) is 5.92 Å². The van der Waals surface area contributed by atoms with Crippen LogP contribution in [0.2, 0.25) is 0 Å². The SMILES string of the molecule is CCCNC(=O)CCNC(N)=NCCC(C)C. The minimum Gasteiger partial charge on any atom is -0.370 e. The van der Waals surface area contributed by atoms with Gasteiger partial charge in [-0.05, 0) is 18.8 Å². The smallest absolute Gasteiger partial charge is 0.221 e. The molecule has 0 bridgehead atoms. The van der Waals surface area contributed by atoms with Crippen LogP contribution in [0.5, 0.6) is 0 Å². The first-order chi connectivity index (χ1) is 8.06. The second-order valence-corrected chi connectivity index (χ2v) is 4.48. The Morgan fingerprint density at radius 2 is 2.00 bits per heavy atom. The van der Waals surface area contributed by atoms with Gasteiger partial charge in [0.25, 0.3) is 0 Å². The molecule has 4 N–H and O–H groups in total. The Labute approximate surface area is 104 Å². The molecule has 0 aliphatic heterocycles. The van der Waals surface area contributed by atoms with E-state index in [1.165, 1.54) is 0 Å². The molecule has 0 radical (unpaired) electrons. The quantitative estimate of drug-likeness (QED) is 0.436. The Kier molecular flexibility index (Phi) is 9.19. The van der Waals surface area contributed by atoms with E-state index in [1.807, 2.05) is 6.92 Å². The topological polar surface area (TPSA) is 79.5 Å². The lowest BCUT2D eigenvalue weighted by Gasteiger charge is -2.06. The van der Waals surface area contributed by atoms with Gasteiger partial charge in [-0.2, -0.15) is 0 Å². The van der Waals surface area contributed by atoms with Crippen molar-refractivity contribution in [3.63, 3.8) is 0 Å². The molecule has 100 valence electrons. The molecule has 1 amide bonds. The highest BCUT2D eigenvalue weighted by Gasteiger charge is 1.99. The molecule has 0 aromatic heterocycles. The lowest BCUT2D eigenvalue weighted by Crippen LogP contribution is -2.35. The third-order valence-electron chi connectivity index (χ3n) is 2.22. The molecule has 17 heavy (non-hydrogen) atoms. The van der Waals surface area contributed by atoms with E-state index in [0.717, 1.165) is 25.9 Å². The van der Waals surface area contributed by atoms with Crippen LogP contribution in [-0.4, -0.2) is 31.5 Å². The fourth-order valence-corrected chi connectivity index (χ4v) is 1.16. The predicted molar refractivity (Wildman–Crippen MR) is 71.9 cm³/mol. The highest BCUT2D eigenvalue weighted by Crippen LogP contribution is 1.97. The summed E-state index contributed by atoms with van der Waals surface area (Å²) >= 11 is 0. The van der Waals surface area contributed by atoms with Crippen LogP contribution in [0.3, 0.4) is 0 Å². The number of carbonyl (C=O) groups is 1. The van der Waals surface area contributed by atoms with E-state index in [2.05, 4.69) is 29.5 Å². The summed E-state index contributed by atoms with van der Waals surface area (Å²) in [6.07, 6.45) is 2.41. The first-order valence-electron chi connectivity index (χ1n) is 6.36. The van der Waals surface area contributed by atoms with Crippen molar-refractivity contribution in [2.75, 3.05) is 19.6 Å². The zero-order valence-electron chi connectivity index (χ0n) is 11.3. The Morgan fingerprint density at radius 1 is 1.29 bits per heavy atom. The largest absolute Gasteiger partial charge is 0.370 e. The summed E-state index contributed by atoms with van der Waals surface area (Å²) in [4.78, 5) is 15.4. The number of nitrogens with zero attached hydrogens (tertiary/aromatic N) is 1. The molecule has 5 heteroatoms. The van der Waals surface area contributed by atoms with Crippen molar-refractivity contribution in [3.05, 3.63) is 0 Å². The molecule has 0 unspecified atom stereocenters. The number of carbonyl (C=O) groups excluding carboxylic acids is 1. The summed E-state index contributed by atoms with van der Waals surface area (Å²) < 4.78 is 0. The van der Waals surface area contributed by atoms with Gasteiger partial charge in [-0.3, -0.25) is 9.79 Å². The van der Waals surface area contributed by atoms with Gasteiger partial charge in [-0.1, -0.05) is 20.8 Å². The average Bonchev–Trinajstić information content (AvgIpc) is 2.25. The van der Waals surface area contributed by atoms with E-state index in [9.17, 15) is 4.79 Å². The number of rotatable bonds is 8. The van der Waals surface area contributed by atoms with Gasteiger partial charge in [0.15, 0.2) is 5.96 Å². The second kappa shape index (κ2) is 9.93. The molecule has 0 atom stereocenters. The lowest BCUT2D eigenvalue weighted by atomic mass is 10.1. The molecule has 0 spiro atoms. The number of guanidine groups is 1. The van der Waals surface area contributed by atoms with E-state index >= 15 is 0 Å². The van der Waals surface area contributed by atoms with Crippen LogP contribution in [0.15, 0.2) is 4.99 Å². The van der Waals surface area contributed by atoms with Gasteiger partial charge >= 0.3 is 0 Å². The Balaban J connectivity index is 3.55. The van der Waals surface area contributed by atoms with Gasteiger partial charge in [0.05, 0.1) is 0 Å². The van der Waals surface area contributed by atoms with E-state index in [-0.39, 0.29) is 5.91 Å². The minimum atomic E-state index is 0.0503. The molecular formula is C12H26N4O. The van der Waals surface area contributed by atoms with Gasteiger partial charge < -0.3 is 16.4 Å². The van der Waals surface area contributed by atoms with Crippen LogP contribution in [0.25, 0.3) is 0 Å². The molecule has 0 heterocycles. The molecule has 0 aliphatic carbocycles. The maximum absolute atomic E-state index is 11.3. The first-order valence-corrected chi connectivity index (χ1v) is 6.36. The molecule has 0 saturated carbocycles. The van der Waals surface area contributed by atoms with Crippen molar-refractivity contribution in [2.45, 2.75) is 40.0 Å². The summed E-state index contributed by atoms with van der Waals surface area (Å²) in [6.45, 7) is 8.33. The number of amides is 1. The summed E-state index contributed by atoms with van der Waals surface area (Å²) in [5.74, 6) is 1.11. The monoisotopic (exact) mass is 242 g/mol. The minimum absolute atomic E-state index is 0.0503. The Morgan fingerprint density at radius 3 is 2.59 bits per heavy atom. The predicted octanol–water partition coefficient (Wildman–Crippen LogP) is 0.853. The molecular weight excluding hydrogens is 216 g/mol. The number of hydrogen-bond acceptors (Lipinski definition) is 2. The standard InChI is InChI=1S/C12H26N4O/c1-4-7-14-11(17)6-9-16-12(13)15-8-5-10(2)3/h10H,4-9H2,1-3H3,(H,14,17)(H3,13,15,16). The lowest BCUT2D eigenvalue weighted by molar-refractivity contribution is -0.120. The van der Waals surface area contributed by atoms with Gasteiger partial charge in [-0.25, -0.2) is 0 Å². The van der Waals surface area contributed by atoms with Crippen LogP contribution >= 0.6 is 0 Å². The van der Waals surface area contributed by atoms with E-state index in [0.29, 0.717) is 24.8 Å². The summed E-state index contributed by atoms with van der Waals surface area (Å²) in [5, 5.41) is 5.74. The van der Waals surface area contributed by atoms with Crippen LogP contribution in [-0.2, 0) is 4.79 Å². The number of nitrogens with one attached hydrogen (secondary N) is 2. The normalized spacial score (nSPS) is 11.6. The zero-order chi connectivity index (χ0) is 13.1. The molecule has 5 nitrogen and oxygen atoms in total. The molecule has 0 aromatic carbocycles. The first kappa shape index (κ1) is 15.7. The maximum atomic E-state index is 11.3. The van der Waals surface area contributed by atoms with E-state index < -0.39 is 0 Å². The van der Waals surface area contributed by atoms with Gasteiger partial charge in [0.1, 0.15) is 0 Å². The Hall–Kier alpha value is -1.26. The maximum Gasteiger partial charge on any atom is 0.221 e. The molecule has 0 aliphatic rings. The number of nitrogens with two attached hydrogens (primary N) is 1. The van der Waals surface area contributed by atoms with Gasteiger partial charge in [0, 0.05) is 26.1 Å². The zero-order valence-corrected chi connectivity index (χ0v) is 11.3. The van der Waals surface area contributed by atoms with E-state index in [1.54, 1.807) is 0 Å². The van der Waals surface area contributed by atoms with Crippen molar-refractivity contribution in [1.29, 1.82) is 0 Å². The van der Waals surface area contributed by atoms with Crippen molar-refractivity contribution < 1.29 is 4.79 Å². The van der Waals surface area contributed by atoms with Crippen LogP contribution in [0.1, 0.15) is 40.0 Å². The third kappa shape index (κ3) is 11.0. The summed E-state index contributed by atoms with van der Waals surface area (Å²) in [5.41, 5.74) is 5.65.